The molecule has 0 N–H and O–H groups in total. The molecule has 0 fully saturated rings. The largest absolute Gasteiger partial charge is 2.00 e. The molecule has 0 rings (SSSR count). The molecule has 0 aliphatic carbocycles. The van der Waals surface area contributed by atoms with Gasteiger partial charge in [-0.2, -0.15) is 0 Å². The van der Waals surface area contributed by atoms with Gasteiger partial charge in [-0.1, -0.05) is 310 Å². The van der Waals surface area contributed by atoms with E-state index in [9.17, 15) is 29.4 Å². The molecule has 0 aromatic rings. The summed E-state index contributed by atoms with van der Waals surface area (Å²) < 4.78 is 11.9. The minimum Gasteiger partial charge on any atom is -0.550 e. The third-order valence-corrected chi connectivity index (χ3v) is 16.1. The predicted octanol–water partition coefficient (Wildman–Crippen LogP) is 20.8. The number of esters is 2. The van der Waals surface area contributed by atoms with Crippen molar-refractivity contribution in [2.75, 3.05) is 0 Å². The van der Waals surface area contributed by atoms with Crippen LogP contribution >= 0.6 is 0 Å². The molecule has 0 saturated carbocycles. The maximum Gasteiger partial charge on any atom is 2.00 e. The number of hydrogen-bond donors (Lipinski definition) is 0. The van der Waals surface area contributed by atoms with Crippen molar-refractivity contribution in [3.63, 3.8) is 0 Å². The molecule has 79 heavy (non-hydrogen) atoms. The fraction of sp³-hybridized carbons (Fsp3) is 0.943. The van der Waals surface area contributed by atoms with Crippen molar-refractivity contribution in [2.24, 2.45) is 0 Å². The summed E-state index contributed by atoms with van der Waals surface area (Å²) >= 11 is 0. The molecule has 0 aliphatic heterocycles. The molecule has 0 bridgehead atoms. The summed E-state index contributed by atoms with van der Waals surface area (Å²) in [5, 5.41) is 21.0. The minimum atomic E-state index is -0.941. The molecule has 0 radical (unpaired) electrons. The average Bonchev–Trinajstić information content (AvgIpc) is 3.42. The average molecular weight is 1170 g/mol. The summed E-state index contributed by atoms with van der Waals surface area (Å²) in [6.07, 6.45) is 70.2. The van der Waals surface area contributed by atoms with Crippen molar-refractivity contribution in [1.29, 1.82) is 0 Å². The van der Waals surface area contributed by atoms with E-state index in [0.29, 0.717) is 12.8 Å². The van der Waals surface area contributed by atoms with E-state index in [4.69, 9.17) is 9.47 Å². The van der Waals surface area contributed by atoms with Gasteiger partial charge in [-0.15, -0.1) is 0 Å². The van der Waals surface area contributed by atoms with Crippen LogP contribution in [0.2, 0.25) is 0 Å². The van der Waals surface area contributed by atoms with Crippen LogP contribution in [0.5, 0.6) is 0 Å². The van der Waals surface area contributed by atoms with Crippen LogP contribution in [0, 0.1) is 0 Å². The van der Waals surface area contributed by atoms with Gasteiger partial charge in [-0.05, 0) is 89.9 Å². The third-order valence-electron chi connectivity index (χ3n) is 16.1. The minimum absolute atomic E-state index is 0. The monoisotopic (exact) mass is 1170 g/mol. The van der Waals surface area contributed by atoms with Crippen LogP contribution in [0.15, 0.2) is 0 Å². The Labute approximate surface area is 504 Å². The van der Waals surface area contributed by atoms with E-state index in [1.165, 1.54) is 218 Å². The van der Waals surface area contributed by atoms with E-state index in [2.05, 4.69) is 27.7 Å². The first-order valence-electron chi connectivity index (χ1n) is 35.0. The Morgan fingerprint density at radius 3 is 0.570 bits per heavy atom. The predicted molar refractivity (Wildman–Crippen MR) is 329 cm³/mol. The number of carboxylic acids is 2. The van der Waals surface area contributed by atoms with Gasteiger partial charge in [-0.25, -0.2) is 0 Å². The van der Waals surface area contributed by atoms with Crippen LogP contribution in [0.4, 0.5) is 0 Å². The molecule has 0 amide bonds. The normalized spacial score (nSPS) is 11.9. The van der Waals surface area contributed by atoms with Gasteiger partial charge in [0.05, 0.1) is 0 Å². The quantitative estimate of drug-likeness (QED) is 0.0334. The third kappa shape index (κ3) is 72.6. The molecule has 0 heterocycles. The number of unbranched alkanes of at least 4 members (excludes halogenated alkanes) is 46. The van der Waals surface area contributed by atoms with Crippen LogP contribution in [-0.4, -0.2) is 36.1 Å². The van der Waals surface area contributed by atoms with E-state index >= 15 is 0 Å². The SMILES string of the molecule is CCCCCCCCCCCCCCCCC(=O)OC(CCCCCCCC)CCCCCCCCC(=O)[O-].CCCCCCCCCCCCCCCCC(=O)OC(CCCCCCCC)CCCCCCCCC(=O)[O-].[Zn+2]. The van der Waals surface area contributed by atoms with E-state index in [1.807, 2.05) is 0 Å². The molecule has 0 saturated heterocycles. The summed E-state index contributed by atoms with van der Waals surface area (Å²) in [5.41, 5.74) is 0. The second-order valence-electron chi connectivity index (χ2n) is 24.1. The first-order valence-corrected chi connectivity index (χ1v) is 35.0. The first kappa shape index (κ1) is 81.7. The van der Waals surface area contributed by atoms with E-state index in [0.717, 1.165) is 141 Å². The van der Waals surface area contributed by atoms with E-state index < -0.39 is 11.9 Å². The van der Waals surface area contributed by atoms with Crippen LogP contribution in [0.1, 0.15) is 413 Å². The van der Waals surface area contributed by atoms with Crippen molar-refractivity contribution in [3.05, 3.63) is 0 Å². The Bertz CT molecular complexity index is 1140. The van der Waals surface area contributed by atoms with Gasteiger partial charge in [0.1, 0.15) is 12.2 Å². The number of ether oxygens (including phenoxy) is 2. The number of aliphatic carboxylic acids is 2. The molecule has 0 aliphatic rings. The molecule has 2 unspecified atom stereocenters. The maximum atomic E-state index is 12.5. The van der Waals surface area contributed by atoms with Gasteiger partial charge in [0.2, 0.25) is 0 Å². The summed E-state index contributed by atoms with van der Waals surface area (Å²) in [6, 6.07) is 0. The van der Waals surface area contributed by atoms with Gasteiger partial charge in [0, 0.05) is 24.8 Å². The summed E-state index contributed by atoms with van der Waals surface area (Å²) in [4.78, 5) is 46.1. The Morgan fingerprint density at radius 2 is 0.392 bits per heavy atom. The van der Waals surface area contributed by atoms with Gasteiger partial charge < -0.3 is 29.3 Å². The Morgan fingerprint density at radius 1 is 0.241 bits per heavy atom. The Balaban J connectivity index is -0.00000144. The zero-order valence-corrected chi connectivity index (χ0v) is 56.5. The Hall–Kier alpha value is -1.50. The van der Waals surface area contributed by atoms with Crippen LogP contribution in [0.25, 0.3) is 0 Å². The van der Waals surface area contributed by atoms with Crippen molar-refractivity contribution in [2.45, 2.75) is 425 Å². The summed E-state index contributed by atoms with van der Waals surface area (Å²) in [6.45, 7) is 9.05. The molecular formula is C70H134O8Zn. The zero-order chi connectivity index (χ0) is 57.3. The number of carbonyl (C=O) groups is 4. The molecule has 8 nitrogen and oxygen atoms in total. The molecule has 0 aromatic carbocycles. The zero-order valence-electron chi connectivity index (χ0n) is 53.6. The fourth-order valence-corrected chi connectivity index (χ4v) is 10.9. The summed E-state index contributed by atoms with van der Waals surface area (Å²) in [7, 11) is 0. The van der Waals surface area contributed by atoms with Crippen LogP contribution in [0.3, 0.4) is 0 Å². The molecule has 464 valence electrons. The fourth-order valence-electron chi connectivity index (χ4n) is 10.9. The Kier molecular flexibility index (Phi) is 73.2. The van der Waals surface area contributed by atoms with Gasteiger partial charge in [0.15, 0.2) is 0 Å². The van der Waals surface area contributed by atoms with Crippen molar-refractivity contribution < 1.29 is 58.3 Å². The molecule has 0 aromatic heterocycles. The van der Waals surface area contributed by atoms with Crippen LogP contribution in [-0.2, 0) is 48.1 Å². The molecule has 2 atom stereocenters. The second-order valence-corrected chi connectivity index (χ2v) is 24.1. The molecule has 9 heteroatoms. The number of carbonyl (C=O) groups excluding carboxylic acids is 4. The van der Waals surface area contributed by atoms with Gasteiger partial charge in [0.25, 0.3) is 0 Å². The van der Waals surface area contributed by atoms with E-state index in [-0.39, 0.29) is 56.5 Å². The number of hydrogen-bond acceptors (Lipinski definition) is 8. The second kappa shape index (κ2) is 70.8. The first-order chi connectivity index (χ1) is 38.2. The number of rotatable bonds is 64. The maximum absolute atomic E-state index is 12.5. The standard InChI is InChI=1S/2C35H68O4.Zn/c2*1-3-5-7-9-11-12-13-14-15-16-17-18-24-28-32-35(38)39-33(29-25-21-10-8-6-4-2)30-26-22-19-20-23-27-31-34(36)37;/h2*33H,3-32H2,1-2H3,(H,36,37);/q;;+2/p-2. The van der Waals surface area contributed by atoms with Crippen molar-refractivity contribution in [3.8, 4) is 0 Å². The van der Waals surface area contributed by atoms with Crippen LogP contribution < -0.4 is 10.2 Å². The smallest absolute Gasteiger partial charge is 0.550 e. The van der Waals surface area contributed by atoms with Crippen molar-refractivity contribution >= 4 is 23.9 Å². The van der Waals surface area contributed by atoms with Crippen molar-refractivity contribution in [1.82, 2.24) is 0 Å². The topological polar surface area (TPSA) is 133 Å². The molecule has 0 spiro atoms. The van der Waals surface area contributed by atoms with Gasteiger partial charge in [-0.3, -0.25) is 9.59 Å². The van der Waals surface area contributed by atoms with Gasteiger partial charge >= 0.3 is 31.4 Å². The number of carboxylic acid groups (broad SMARTS) is 2. The van der Waals surface area contributed by atoms with E-state index in [1.54, 1.807) is 0 Å². The molecular weight excluding hydrogens is 1030 g/mol. The summed E-state index contributed by atoms with van der Waals surface area (Å²) in [5.74, 6) is -1.87.